The minimum absolute atomic E-state index is 0.116. The van der Waals surface area contributed by atoms with Crippen LogP contribution in [0.1, 0.15) is 24.8 Å². The van der Waals surface area contributed by atoms with Crippen LogP contribution in [-0.2, 0) is 11.2 Å². The maximum Gasteiger partial charge on any atom is 0.393 e. The highest BCUT2D eigenvalue weighted by Crippen LogP contribution is 2.33. The van der Waals surface area contributed by atoms with Crippen LogP contribution in [0.5, 0.6) is 0 Å². The van der Waals surface area contributed by atoms with Crippen molar-refractivity contribution in [2.24, 2.45) is 5.92 Å². The molecule has 1 aliphatic heterocycles. The number of piperidine rings is 1. The van der Waals surface area contributed by atoms with Crippen molar-refractivity contribution in [3.05, 3.63) is 29.8 Å². The molecule has 0 radical (unpaired) electrons. The first-order chi connectivity index (χ1) is 9.86. The summed E-state index contributed by atoms with van der Waals surface area (Å²) in [5, 5.41) is 0. The van der Waals surface area contributed by atoms with E-state index < -0.39 is 12.1 Å². The van der Waals surface area contributed by atoms with Gasteiger partial charge >= 0.3 is 6.18 Å². The fourth-order valence-electron chi connectivity index (χ4n) is 2.56. The summed E-state index contributed by atoms with van der Waals surface area (Å²) in [6.07, 6.45) is -2.93. The first kappa shape index (κ1) is 15.7. The molecule has 0 spiro atoms. The number of carbonyl (C=O) groups excluding carboxylic acids is 1. The number of halogens is 3. The average Bonchev–Trinajstić information content (AvgIpc) is 2.45. The number of nitrogen functional groups attached to an aromatic ring is 1. The molecule has 1 amide bonds. The average molecular weight is 300 g/mol. The summed E-state index contributed by atoms with van der Waals surface area (Å²) in [5.74, 6) is -1.59. The second-order valence-corrected chi connectivity index (χ2v) is 5.46. The molecular weight excluding hydrogens is 281 g/mol. The fraction of sp³-hybridized carbons (Fsp3) is 0.533. The number of nitrogens with two attached hydrogens (primary N) is 1. The van der Waals surface area contributed by atoms with Gasteiger partial charge in [-0.3, -0.25) is 4.79 Å². The molecule has 6 heteroatoms. The summed E-state index contributed by atoms with van der Waals surface area (Å²) in [6, 6.07) is 7.16. The Kier molecular flexibility index (Phi) is 4.75. The van der Waals surface area contributed by atoms with Crippen LogP contribution in [0.2, 0.25) is 0 Å². The molecule has 1 aromatic rings. The van der Waals surface area contributed by atoms with Crippen LogP contribution in [0.15, 0.2) is 24.3 Å². The Balaban J connectivity index is 1.86. The van der Waals surface area contributed by atoms with Gasteiger partial charge in [0.15, 0.2) is 0 Å². The van der Waals surface area contributed by atoms with Gasteiger partial charge < -0.3 is 10.6 Å². The minimum atomic E-state index is -4.21. The molecule has 1 heterocycles. The van der Waals surface area contributed by atoms with Crippen molar-refractivity contribution in [3.63, 3.8) is 0 Å². The predicted octanol–water partition coefficient (Wildman–Crippen LogP) is 3.00. The van der Waals surface area contributed by atoms with Gasteiger partial charge in [-0.1, -0.05) is 12.1 Å². The predicted molar refractivity (Wildman–Crippen MR) is 74.5 cm³/mol. The van der Waals surface area contributed by atoms with Gasteiger partial charge in [0, 0.05) is 25.2 Å². The second-order valence-electron chi connectivity index (χ2n) is 5.46. The largest absolute Gasteiger partial charge is 0.399 e. The maximum absolute atomic E-state index is 12.7. The Morgan fingerprint density at radius 3 is 2.57 bits per heavy atom. The molecule has 1 fully saturated rings. The van der Waals surface area contributed by atoms with Gasteiger partial charge in [-0.15, -0.1) is 0 Å². The number of benzene rings is 1. The van der Waals surface area contributed by atoms with Crippen LogP contribution >= 0.6 is 0 Å². The topological polar surface area (TPSA) is 46.3 Å². The van der Waals surface area contributed by atoms with Crippen LogP contribution in [0.3, 0.4) is 0 Å². The molecule has 21 heavy (non-hydrogen) atoms. The lowest BCUT2D eigenvalue weighted by Crippen LogP contribution is -2.44. The highest BCUT2D eigenvalue weighted by molar-refractivity contribution is 5.76. The van der Waals surface area contributed by atoms with Gasteiger partial charge in [0.2, 0.25) is 5.91 Å². The molecule has 2 N–H and O–H groups in total. The molecule has 0 aromatic heterocycles. The standard InChI is InChI=1S/C15H19F3N2O/c16-15(17,18)12-2-1-9-20(10-12)14(21)8-5-11-3-6-13(19)7-4-11/h3-4,6-7,12H,1-2,5,8-10,19H2. The molecule has 0 bridgehead atoms. The van der Waals surface area contributed by atoms with Gasteiger partial charge in [-0.2, -0.15) is 13.2 Å². The van der Waals surface area contributed by atoms with E-state index >= 15 is 0 Å². The summed E-state index contributed by atoms with van der Waals surface area (Å²) < 4.78 is 38.2. The zero-order chi connectivity index (χ0) is 15.5. The lowest BCUT2D eigenvalue weighted by molar-refractivity contribution is -0.188. The number of likely N-dealkylation sites (tertiary alicyclic amines) is 1. The van der Waals surface area contributed by atoms with Gasteiger partial charge in [-0.25, -0.2) is 0 Å². The van der Waals surface area contributed by atoms with Crippen molar-refractivity contribution in [3.8, 4) is 0 Å². The SMILES string of the molecule is Nc1ccc(CCC(=O)N2CCCC(C(F)(F)F)C2)cc1. The van der Waals surface area contributed by atoms with E-state index in [2.05, 4.69) is 0 Å². The Labute approximate surface area is 121 Å². The molecule has 3 nitrogen and oxygen atoms in total. The number of anilines is 1. The summed E-state index contributed by atoms with van der Waals surface area (Å²) in [6.45, 7) is 0.219. The Hall–Kier alpha value is -1.72. The first-order valence-electron chi connectivity index (χ1n) is 7.05. The monoisotopic (exact) mass is 300 g/mol. The number of carbonyl (C=O) groups is 1. The lowest BCUT2D eigenvalue weighted by atomic mass is 9.97. The van der Waals surface area contributed by atoms with Gasteiger partial charge in [0.25, 0.3) is 0 Å². The van der Waals surface area contributed by atoms with Crippen LogP contribution in [0, 0.1) is 5.92 Å². The number of aryl methyl sites for hydroxylation is 1. The smallest absolute Gasteiger partial charge is 0.393 e. The van der Waals surface area contributed by atoms with E-state index in [0.717, 1.165) is 5.56 Å². The summed E-state index contributed by atoms with van der Waals surface area (Å²) in [5.41, 5.74) is 7.18. The second kappa shape index (κ2) is 6.37. The molecule has 2 rings (SSSR count). The van der Waals surface area contributed by atoms with E-state index in [1.807, 2.05) is 12.1 Å². The van der Waals surface area contributed by atoms with Crippen molar-refractivity contribution < 1.29 is 18.0 Å². The van der Waals surface area contributed by atoms with Crippen molar-refractivity contribution in [2.75, 3.05) is 18.8 Å². The third-order valence-electron chi connectivity index (χ3n) is 3.84. The van der Waals surface area contributed by atoms with E-state index in [1.165, 1.54) is 4.90 Å². The zero-order valence-electron chi connectivity index (χ0n) is 11.7. The van der Waals surface area contributed by atoms with Crippen LogP contribution in [0.4, 0.5) is 18.9 Å². The van der Waals surface area contributed by atoms with Crippen LogP contribution < -0.4 is 5.73 Å². The molecule has 116 valence electrons. The fourth-order valence-corrected chi connectivity index (χ4v) is 2.56. The van der Waals surface area contributed by atoms with E-state index in [-0.39, 0.29) is 25.3 Å². The van der Waals surface area contributed by atoms with E-state index in [4.69, 9.17) is 5.73 Å². The highest BCUT2D eigenvalue weighted by Gasteiger charge is 2.42. The third kappa shape index (κ3) is 4.37. The van der Waals surface area contributed by atoms with Gasteiger partial charge in [0.05, 0.1) is 5.92 Å². The Bertz CT molecular complexity index is 485. The molecule has 1 aliphatic rings. The molecule has 1 aromatic carbocycles. The molecular formula is C15H19F3N2O. The summed E-state index contributed by atoms with van der Waals surface area (Å²) in [7, 11) is 0. The quantitative estimate of drug-likeness (QED) is 0.872. The molecule has 1 saturated heterocycles. The van der Waals surface area contributed by atoms with E-state index in [0.29, 0.717) is 25.1 Å². The normalized spacial score (nSPS) is 19.6. The number of rotatable bonds is 3. The zero-order valence-corrected chi connectivity index (χ0v) is 11.7. The van der Waals surface area contributed by atoms with E-state index in [1.54, 1.807) is 12.1 Å². The lowest BCUT2D eigenvalue weighted by Gasteiger charge is -2.33. The van der Waals surface area contributed by atoms with E-state index in [9.17, 15) is 18.0 Å². The number of hydrogen-bond donors (Lipinski definition) is 1. The number of amides is 1. The first-order valence-corrected chi connectivity index (χ1v) is 7.05. The molecule has 0 aliphatic carbocycles. The summed E-state index contributed by atoms with van der Waals surface area (Å²) in [4.78, 5) is 13.4. The van der Waals surface area contributed by atoms with Crippen molar-refractivity contribution in [1.82, 2.24) is 4.90 Å². The summed E-state index contributed by atoms with van der Waals surface area (Å²) >= 11 is 0. The van der Waals surface area contributed by atoms with Crippen LogP contribution in [-0.4, -0.2) is 30.1 Å². The van der Waals surface area contributed by atoms with Crippen molar-refractivity contribution in [2.45, 2.75) is 31.9 Å². The third-order valence-corrected chi connectivity index (χ3v) is 3.84. The number of nitrogens with zero attached hydrogens (tertiary/aromatic N) is 1. The molecule has 1 unspecified atom stereocenters. The Morgan fingerprint density at radius 1 is 1.29 bits per heavy atom. The molecule has 1 atom stereocenters. The molecule has 0 saturated carbocycles. The highest BCUT2D eigenvalue weighted by atomic mass is 19.4. The maximum atomic E-state index is 12.7. The van der Waals surface area contributed by atoms with Crippen molar-refractivity contribution in [1.29, 1.82) is 0 Å². The van der Waals surface area contributed by atoms with Crippen molar-refractivity contribution >= 4 is 11.6 Å². The number of alkyl halides is 3. The van der Waals surface area contributed by atoms with Gasteiger partial charge in [0.1, 0.15) is 0 Å². The number of hydrogen-bond acceptors (Lipinski definition) is 2. The minimum Gasteiger partial charge on any atom is -0.399 e. The Morgan fingerprint density at radius 2 is 1.95 bits per heavy atom. The van der Waals surface area contributed by atoms with Crippen LogP contribution in [0.25, 0.3) is 0 Å². The van der Waals surface area contributed by atoms with Gasteiger partial charge in [-0.05, 0) is 37.0 Å².